The number of hydrogen-bond donors (Lipinski definition) is 3. The van der Waals surface area contributed by atoms with Crippen LogP contribution in [0.3, 0.4) is 0 Å². The summed E-state index contributed by atoms with van der Waals surface area (Å²) in [6.45, 7) is 1.83. The first-order chi connectivity index (χ1) is 11.5. The molecule has 1 heterocycles. The SMILES string of the molecule is C/C(=N\NC(=S)Nc1ccc(Cl)cc1)c1nc2ccc(Cl)cc2[nH]1. The number of benzene rings is 2. The van der Waals surface area contributed by atoms with E-state index in [2.05, 4.69) is 25.8 Å². The lowest BCUT2D eigenvalue weighted by Crippen LogP contribution is -2.25. The van der Waals surface area contributed by atoms with E-state index in [9.17, 15) is 0 Å². The van der Waals surface area contributed by atoms with Crippen LogP contribution in [0.1, 0.15) is 12.7 Å². The minimum absolute atomic E-state index is 0.371. The van der Waals surface area contributed by atoms with Crippen LogP contribution in [-0.2, 0) is 0 Å². The number of aromatic amines is 1. The molecule has 0 radical (unpaired) electrons. The summed E-state index contributed by atoms with van der Waals surface area (Å²) in [5.41, 5.74) is 5.96. The highest BCUT2D eigenvalue weighted by molar-refractivity contribution is 7.80. The monoisotopic (exact) mass is 377 g/mol. The number of nitrogens with zero attached hydrogens (tertiary/aromatic N) is 2. The molecule has 122 valence electrons. The molecular formula is C16H13Cl2N5S. The molecule has 3 N–H and O–H groups in total. The van der Waals surface area contributed by atoms with Gasteiger partial charge in [0, 0.05) is 15.7 Å². The highest BCUT2D eigenvalue weighted by Gasteiger charge is 2.06. The van der Waals surface area contributed by atoms with Gasteiger partial charge in [0.05, 0.1) is 11.0 Å². The Labute approximate surface area is 154 Å². The van der Waals surface area contributed by atoms with Crippen LogP contribution in [0.25, 0.3) is 11.0 Å². The van der Waals surface area contributed by atoms with Crippen LogP contribution in [-0.4, -0.2) is 20.8 Å². The van der Waals surface area contributed by atoms with Crippen LogP contribution < -0.4 is 10.7 Å². The molecule has 0 amide bonds. The summed E-state index contributed by atoms with van der Waals surface area (Å²) in [7, 11) is 0. The fraction of sp³-hybridized carbons (Fsp3) is 0.0625. The van der Waals surface area contributed by atoms with E-state index >= 15 is 0 Å². The number of hydrogen-bond acceptors (Lipinski definition) is 3. The maximum Gasteiger partial charge on any atom is 0.191 e. The van der Waals surface area contributed by atoms with Crippen LogP contribution >= 0.6 is 35.4 Å². The average molecular weight is 378 g/mol. The van der Waals surface area contributed by atoms with Crippen LogP contribution in [0.15, 0.2) is 47.6 Å². The number of imidazole rings is 1. The Hall–Kier alpha value is -2.15. The molecule has 0 aliphatic rings. The number of rotatable bonds is 3. The fourth-order valence-corrected chi connectivity index (χ4v) is 2.49. The van der Waals surface area contributed by atoms with Gasteiger partial charge >= 0.3 is 0 Å². The van der Waals surface area contributed by atoms with E-state index in [1.165, 1.54) is 0 Å². The van der Waals surface area contributed by atoms with Crippen molar-refractivity contribution in [2.75, 3.05) is 5.32 Å². The van der Waals surface area contributed by atoms with Gasteiger partial charge in [-0.05, 0) is 61.6 Å². The second kappa shape index (κ2) is 7.17. The minimum atomic E-state index is 0.371. The average Bonchev–Trinajstić information content (AvgIpc) is 2.98. The molecule has 0 unspecified atom stereocenters. The first-order valence-electron chi connectivity index (χ1n) is 7.04. The molecule has 0 atom stereocenters. The van der Waals surface area contributed by atoms with Gasteiger partial charge in [0.2, 0.25) is 0 Å². The molecule has 2 aromatic carbocycles. The Morgan fingerprint density at radius 3 is 2.58 bits per heavy atom. The number of fused-ring (bicyclic) bond motifs is 1. The summed E-state index contributed by atoms with van der Waals surface area (Å²) in [5.74, 6) is 0.647. The van der Waals surface area contributed by atoms with E-state index in [0.29, 0.717) is 26.7 Å². The van der Waals surface area contributed by atoms with Crippen LogP contribution in [0.5, 0.6) is 0 Å². The lowest BCUT2D eigenvalue weighted by atomic mass is 10.3. The lowest BCUT2D eigenvalue weighted by molar-refractivity contribution is 1.03. The first-order valence-corrected chi connectivity index (χ1v) is 8.20. The third-order valence-corrected chi connectivity index (χ3v) is 3.89. The largest absolute Gasteiger partial charge is 0.337 e. The predicted molar refractivity (Wildman–Crippen MR) is 104 cm³/mol. The van der Waals surface area contributed by atoms with Crippen LogP contribution in [0.4, 0.5) is 5.69 Å². The summed E-state index contributed by atoms with van der Waals surface area (Å²) in [6, 6.07) is 12.7. The number of hydrazone groups is 1. The molecule has 0 aliphatic heterocycles. The number of anilines is 1. The Morgan fingerprint density at radius 2 is 1.83 bits per heavy atom. The van der Waals surface area contributed by atoms with Crippen molar-refractivity contribution in [1.82, 2.24) is 15.4 Å². The molecule has 0 aliphatic carbocycles. The van der Waals surface area contributed by atoms with Crippen molar-refractivity contribution in [3.05, 3.63) is 58.3 Å². The van der Waals surface area contributed by atoms with Crippen LogP contribution in [0.2, 0.25) is 10.0 Å². The lowest BCUT2D eigenvalue weighted by Gasteiger charge is -2.07. The highest BCUT2D eigenvalue weighted by atomic mass is 35.5. The van der Waals surface area contributed by atoms with E-state index in [1.54, 1.807) is 18.2 Å². The Balaban J connectivity index is 1.68. The highest BCUT2D eigenvalue weighted by Crippen LogP contribution is 2.17. The van der Waals surface area contributed by atoms with E-state index in [1.807, 2.05) is 31.2 Å². The number of nitrogens with one attached hydrogen (secondary N) is 3. The fourth-order valence-electron chi connectivity index (χ4n) is 2.03. The van der Waals surface area contributed by atoms with E-state index < -0.39 is 0 Å². The van der Waals surface area contributed by atoms with Crippen molar-refractivity contribution in [2.45, 2.75) is 6.92 Å². The van der Waals surface area contributed by atoms with Crippen molar-refractivity contribution < 1.29 is 0 Å². The normalized spacial score (nSPS) is 11.5. The zero-order valence-electron chi connectivity index (χ0n) is 12.6. The summed E-state index contributed by atoms with van der Waals surface area (Å²) in [6.07, 6.45) is 0. The van der Waals surface area contributed by atoms with E-state index in [0.717, 1.165) is 16.7 Å². The van der Waals surface area contributed by atoms with Gasteiger partial charge in [0.25, 0.3) is 0 Å². The maximum absolute atomic E-state index is 5.97. The molecular weight excluding hydrogens is 365 g/mol. The molecule has 3 aromatic rings. The molecule has 0 fully saturated rings. The predicted octanol–water partition coefficient (Wildman–Crippen LogP) is 4.58. The van der Waals surface area contributed by atoms with Crippen molar-refractivity contribution in [3.63, 3.8) is 0 Å². The Kier molecular flexibility index (Phi) is 4.99. The van der Waals surface area contributed by atoms with Gasteiger partial charge in [-0.1, -0.05) is 23.2 Å². The van der Waals surface area contributed by atoms with E-state index in [4.69, 9.17) is 35.4 Å². The third kappa shape index (κ3) is 4.03. The third-order valence-electron chi connectivity index (χ3n) is 3.21. The summed E-state index contributed by atoms with van der Waals surface area (Å²) < 4.78 is 0. The Bertz CT molecular complexity index is 918. The number of thiocarbonyl (C=S) groups is 1. The molecule has 0 saturated carbocycles. The summed E-state index contributed by atoms with van der Waals surface area (Å²) in [4.78, 5) is 7.63. The minimum Gasteiger partial charge on any atom is -0.337 e. The van der Waals surface area contributed by atoms with Gasteiger partial charge in [-0.25, -0.2) is 4.98 Å². The van der Waals surface area contributed by atoms with Crippen LogP contribution in [0, 0.1) is 0 Å². The molecule has 0 spiro atoms. The second-order valence-electron chi connectivity index (χ2n) is 5.02. The van der Waals surface area contributed by atoms with Crippen molar-refractivity contribution in [3.8, 4) is 0 Å². The molecule has 5 nitrogen and oxygen atoms in total. The standard InChI is InChI=1S/C16H13Cl2N5S/c1-9(15-20-13-7-4-11(18)8-14(13)21-15)22-23-16(24)19-12-5-2-10(17)3-6-12/h2-8H,1H3,(H,20,21)(H2,19,23,24)/b22-9+. The molecule has 0 bridgehead atoms. The number of halogens is 2. The van der Waals surface area contributed by atoms with Crippen molar-refractivity contribution >= 4 is 63.0 Å². The zero-order valence-corrected chi connectivity index (χ0v) is 14.9. The van der Waals surface area contributed by atoms with Gasteiger partial charge in [-0.2, -0.15) is 5.10 Å². The number of H-pyrrole nitrogens is 1. The Morgan fingerprint density at radius 1 is 1.12 bits per heavy atom. The van der Waals surface area contributed by atoms with Gasteiger partial charge in [0.1, 0.15) is 5.71 Å². The molecule has 24 heavy (non-hydrogen) atoms. The van der Waals surface area contributed by atoms with E-state index in [-0.39, 0.29) is 0 Å². The number of aromatic nitrogens is 2. The molecule has 1 aromatic heterocycles. The van der Waals surface area contributed by atoms with Gasteiger partial charge in [0.15, 0.2) is 10.9 Å². The molecule has 8 heteroatoms. The zero-order chi connectivity index (χ0) is 17.1. The second-order valence-corrected chi connectivity index (χ2v) is 6.30. The topological polar surface area (TPSA) is 65.1 Å². The first kappa shape index (κ1) is 16.7. The summed E-state index contributed by atoms with van der Waals surface area (Å²) in [5, 5.41) is 8.94. The molecule has 3 rings (SSSR count). The van der Waals surface area contributed by atoms with Gasteiger partial charge in [-0.15, -0.1) is 0 Å². The smallest absolute Gasteiger partial charge is 0.191 e. The maximum atomic E-state index is 5.97. The molecule has 0 saturated heterocycles. The quantitative estimate of drug-likeness (QED) is 0.355. The van der Waals surface area contributed by atoms with Gasteiger partial charge < -0.3 is 10.3 Å². The summed E-state index contributed by atoms with van der Waals surface area (Å²) >= 11 is 17.0. The van der Waals surface area contributed by atoms with Gasteiger partial charge in [-0.3, -0.25) is 5.43 Å². The van der Waals surface area contributed by atoms with Crippen molar-refractivity contribution in [1.29, 1.82) is 0 Å². The van der Waals surface area contributed by atoms with Crippen molar-refractivity contribution in [2.24, 2.45) is 5.10 Å².